The standard InChI is InChI=1S/C18H24N4O/c1-18(2,3)16-9-14(20-21-16)11-22-10-13-7-5-4-6-12(13)8-15(22)17(19)23/h4-7,9,15H,8,10-11H2,1-3H3,(H2,19,23)(H,20,21). The van der Waals surface area contributed by atoms with Crippen LogP contribution in [0.2, 0.25) is 0 Å². The Labute approximate surface area is 136 Å². The predicted octanol–water partition coefficient (Wildman–Crippen LogP) is 2.12. The molecule has 1 aliphatic heterocycles. The molecule has 23 heavy (non-hydrogen) atoms. The first kappa shape index (κ1) is 15.7. The van der Waals surface area contributed by atoms with Gasteiger partial charge in [-0.25, -0.2) is 0 Å². The zero-order valence-electron chi connectivity index (χ0n) is 14.0. The first-order valence-electron chi connectivity index (χ1n) is 7.99. The maximum absolute atomic E-state index is 11.9. The highest BCUT2D eigenvalue weighted by atomic mass is 16.1. The van der Waals surface area contributed by atoms with E-state index in [2.05, 4.69) is 54.1 Å². The molecule has 0 spiro atoms. The molecule has 5 nitrogen and oxygen atoms in total. The number of hydrogen-bond donors (Lipinski definition) is 2. The second-order valence-corrected chi connectivity index (χ2v) is 7.32. The second kappa shape index (κ2) is 5.81. The molecule has 2 aromatic rings. The van der Waals surface area contributed by atoms with E-state index in [0.717, 1.165) is 17.9 Å². The fourth-order valence-corrected chi connectivity index (χ4v) is 3.07. The van der Waals surface area contributed by atoms with Crippen molar-refractivity contribution in [2.75, 3.05) is 0 Å². The number of hydrogen-bond acceptors (Lipinski definition) is 3. The van der Waals surface area contributed by atoms with Crippen molar-refractivity contribution in [2.24, 2.45) is 5.73 Å². The van der Waals surface area contributed by atoms with Crippen molar-refractivity contribution < 1.29 is 4.79 Å². The maximum Gasteiger partial charge on any atom is 0.235 e. The van der Waals surface area contributed by atoms with E-state index in [1.165, 1.54) is 11.1 Å². The molecule has 1 atom stereocenters. The normalized spacial score (nSPS) is 18.7. The Kier molecular flexibility index (Phi) is 3.98. The Balaban J connectivity index is 1.83. The number of nitrogens with zero attached hydrogens (tertiary/aromatic N) is 2. The lowest BCUT2D eigenvalue weighted by Gasteiger charge is -2.34. The van der Waals surface area contributed by atoms with Crippen LogP contribution in [0.15, 0.2) is 30.3 Å². The highest BCUT2D eigenvalue weighted by Crippen LogP contribution is 2.26. The van der Waals surface area contributed by atoms with Crippen LogP contribution < -0.4 is 5.73 Å². The van der Waals surface area contributed by atoms with Gasteiger partial charge < -0.3 is 5.73 Å². The summed E-state index contributed by atoms with van der Waals surface area (Å²) in [6, 6.07) is 10.1. The molecular weight excluding hydrogens is 288 g/mol. The van der Waals surface area contributed by atoms with Gasteiger partial charge in [-0.1, -0.05) is 45.0 Å². The molecule has 1 aromatic carbocycles. The molecule has 1 unspecified atom stereocenters. The van der Waals surface area contributed by atoms with Crippen molar-refractivity contribution in [3.63, 3.8) is 0 Å². The molecule has 1 aromatic heterocycles. The van der Waals surface area contributed by atoms with E-state index in [9.17, 15) is 4.79 Å². The fourth-order valence-electron chi connectivity index (χ4n) is 3.07. The van der Waals surface area contributed by atoms with Crippen LogP contribution in [0.1, 0.15) is 43.3 Å². The number of H-pyrrole nitrogens is 1. The lowest BCUT2D eigenvalue weighted by Crippen LogP contribution is -2.48. The molecule has 0 saturated carbocycles. The number of rotatable bonds is 3. The minimum Gasteiger partial charge on any atom is -0.368 e. The Morgan fingerprint density at radius 1 is 1.35 bits per heavy atom. The minimum atomic E-state index is -0.272. The van der Waals surface area contributed by atoms with Gasteiger partial charge in [0.15, 0.2) is 0 Å². The molecule has 0 saturated heterocycles. The maximum atomic E-state index is 11.9. The molecule has 3 rings (SSSR count). The van der Waals surface area contributed by atoms with E-state index in [-0.39, 0.29) is 17.4 Å². The molecule has 1 amide bonds. The Hall–Kier alpha value is -2.14. The Morgan fingerprint density at radius 3 is 2.65 bits per heavy atom. The van der Waals surface area contributed by atoms with Crippen molar-refractivity contribution in [3.8, 4) is 0 Å². The van der Waals surface area contributed by atoms with Gasteiger partial charge in [-0.05, 0) is 23.6 Å². The van der Waals surface area contributed by atoms with Crippen molar-refractivity contribution in [3.05, 3.63) is 52.8 Å². The number of nitrogens with two attached hydrogens (primary N) is 1. The van der Waals surface area contributed by atoms with Crippen LogP contribution in [0, 0.1) is 0 Å². The van der Waals surface area contributed by atoms with E-state index >= 15 is 0 Å². The largest absolute Gasteiger partial charge is 0.368 e. The lowest BCUT2D eigenvalue weighted by molar-refractivity contribution is -0.124. The van der Waals surface area contributed by atoms with Gasteiger partial charge in [-0.3, -0.25) is 14.8 Å². The summed E-state index contributed by atoms with van der Waals surface area (Å²) in [4.78, 5) is 14.0. The van der Waals surface area contributed by atoms with Gasteiger partial charge in [0.1, 0.15) is 0 Å². The van der Waals surface area contributed by atoms with Crippen molar-refractivity contribution in [1.29, 1.82) is 0 Å². The number of benzene rings is 1. The number of carbonyl (C=O) groups excluding carboxylic acids is 1. The third kappa shape index (κ3) is 3.29. The molecule has 1 aliphatic rings. The summed E-state index contributed by atoms with van der Waals surface area (Å²) < 4.78 is 0. The van der Waals surface area contributed by atoms with Crippen LogP contribution in [0.25, 0.3) is 0 Å². The van der Waals surface area contributed by atoms with Gasteiger partial charge >= 0.3 is 0 Å². The number of carbonyl (C=O) groups is 1. The molecule has 5 heteroatoms. The van der Waals surface area contributed by atoms with Crippen LogP contribution in [0.4, 0.5) is 0 Å². The number of fused-ring (bicyclic) bond motifs is 1. The Morgan fingerprint density at radius 2 is 2.04 bits per heavy atom. The minimum absolute atomic E-state index is 0.00629. The van der Waals surface area contributed by atoms with E-state index < -0.39 is 0 Å². The smallest absolute Gasteiger partial charge is 0.235 e. The summed E-state index contributed by atoms with van der Waals surface area (Å²) in [5, 5.41) is 7.50. The summed E-state index contributed by atoms with van der Waals surface area (Å²) in [5.41, 5.74) is 10.2. The molecule has 0 radical (unpaired) electrons. The summed E-state index contributed by atoms with van der Waals surface area (Å²) in [6.07, 6.45) is 0.672. The van der Waals surface area contributed by atoms with E-state index in [4.69, 9.17) is 5.73 Å². The molecule has 0 fully saturated rings. The van der Waals surface area contributed by atoms with Crippen molar-refractivity contribution in [2.45, 2.75) is 51.7 Å². The first-order valence-corrected chi connectivity index (χ1v) is 7.99. The summed E-state index contributed by atoms with van der Waals surface area (Å²) >= 11 is 0. The van der Waals surface area contributed by atoms with E-state index in [1.807, 2.05) is 12.1 Å². The lowest BCUT2D eigenvalue weighted by atomic mass is 9.92. The van der Waals surface area contributed by atoms with Crippen molar-refractivity contribution in [1.82, 2.24) is 15.1 Å². The third-order valence-corrected chi connectivity index (χ3v) is 4.45. The highest BCUT2D eigenvalue weighted by molar-refractivity contribution is 5.80. The van der Waals surface area contributed by atoms with Crippen LogP contribution in [-0.2, 0) is 29.7 Å². The average molecular weight is 312 g/mol. The number of primary amides is 1. The predicted molar refractivity (Wildman–Crippen MR) is 89.7 cm³/mol. The van der Waals surface area contributed by atoms with Gasteiger partial charge in [0.05, 0.1) is 11.7 Å². The summed E-state index contributed by atoms with van der Waals surface area (Å²) in [7, 11) is 0. The molecule has 3 N–H and O–H groups in total. The monoisotopic (exact) mass is 312 g/mol. The molecule has 122 valence electrons. The third-order valence-electron chi connectivity index (χ3n) is 4.45. The zero-order chi connectivity index (χ0) is 16.6. The van der Waals surface area contributed by atoms with Crippen molar-refractivity contribution >= 4 is 5.91 Å². The van der Waals surface area contributed by atoms with Gasteiger partial charge in [0.25, 0.3) is 0 Å². The van der Waals surface area contributed by atoms with Crippen LogP contribution in [0.5, 0.6) is 0 Å². The van der Waals surface area contributed by atoms with Crippen LogP contribution in [0.3, 0.4) is 0 Å². The molecule has 0 bridgehead atoms. The fraction of sp³-hybridized carbons (Fsp3) is 0.444. The summed E-state index contributed by atoms with van der Waals surface area (Å²) in [6.45, 7) is 7.78. The molecule has 0 aliphatic carbocycles. The van der Waals surface area contributed by atoms with Gasteiger partial charge in [-0.15, -0.1) is 0 Å². The number of aromatic amines is 1. The number of amides is 1. The molecule has 2 heterocycles. The zero-order valence-corrected chi connectivity index (χ0v) is 14.0. The number of aromatic nitrogens is 2. The molecular formula is C18H24N4O. The van der Waals surface area contributed by atoms with Gasteiger partial charge in [0.2, 0.25) is 5.91 Å². The van der Waals surface area contributed by atoms with Crippen LogP contribution >= 0.6 is 0 Å². The van der Waals surface area contributed by atoms with E-state index in [1.54, 1.807) is 0 Å². The summed E-state index contributed by atoms with van der Waals surface area (Å²) in [5.74, 6) is -0.268. The highest BCUT2D eigenvalue weighted by Gasteiger charge is 2.30. The SMILES string of the molecule is CC(C)(C)c1cc(CN2Cc3ccccc3CC2C(N)=O)[nH]n1. The van der Waals surface area contributed by atoms with E-state index in [0.29, 0.717) is 13.0 Å². The average Bonchev–Trinajstić information content (AvgIpc) is 2.95. The van der Waals surface area contributed by atoms with Gasteiger partial charge in [-0.2, -0.15) is 5.10 Å². The Bertz CT molecular complexity index is 714. The first-order chi connectivity index (χ1) is 10.8. The second-order valence-electron chi connectivity index (χ2n) is 7.32. The van der Waals surface area contributed by atoms with Gasteiger partial charge in [0, 0.05) is 24.2 Å². The quantitative estimate of drug-likeness (QED) is 0.911. The number of nitrogens with one attached hydrogen (secondary N) is 1. The van der Waals surface area contributed by atoms with Crippen LogP contribution in [-0.4, -0.2) is 27.0 Å². The topological polar surface area (TPSA) is 75.0 Å².